The summed E-state index contributed by atoms with van der Waals surface area (Å²) in [5.41, 5.74) is 2.92. The second-order valence-electron chi connectivity index (χ2n) is 6.96. The van der Waals surface area contributed by atoms with Crippen molar-refractivity contribution in [2.45, 2.75) is 32.3 Å². The Bertz CT molecular complexity index is 890. The van der Waals surface area contributed by atoms with Gasteiger partial charge in [-0.1, -0.05) is 54.1 Å². The van der Waals surface area contributed by atoms with Crippen molar-refractivity contribution in [3.05, 3.63) is 95.0 Å². The van der Waals surface area contributed by atoms with Crippen LogP contribution in [-0.4, -0.2) is 12.0 Å². The normalized spacial score (nSPS) is 11.9. The lowest BCUT2D eigenvalue weighted by atomic mass is 9.88. The second kappa shape index (κ2) is 9.43. The second-order valence-corrected chi connectivity index (χ2v) is 7.39. The maximum absolute atomic E-state index is 12.7. The zero-order valence-electron chi connectivity index (χ0n) is 16.1. The summed E-state index contributed by atoms with van der Waals surface area (Å²) in [5, 5.41) is 3.60. The van der Waals surface area contributed by atoms with Crippen LogP contribution in [0.1, 0.15) is 37.3 Å². The minimum Gasteiger partial charge on any atom is -0.491 e. The summed E-state index contributed by atoms with van der Waals surface area (Å²) in [4.78, 5) is 12.7. The molecule has 0 aromatic heterocycles. The van der Waals surface area contributed by atoms with Crippen LogP contribution in [-0.2, 0) is 4.79 Å². The fourth-order valence-electron chi connectivity index (χ4n) is 3.10. The molecular weight excluding hydrogens is 370 g/mol. The quantitative estimate of drug-likeness (QED) is 0.512. The Kier molecular flexibility index (Phi) is 6.72. The molecule has 0 saturated carbocycles. The Hall–Kier alpha value is -2.78. The largest absolute Gasteiger partial charge is 0.491 e. The molecule has 1 N–H and O–H groups in total. The van der Waals surface area contributed by atoms with Crippen LogP contribution >= 0.6 is 11.6 Å². The molecule has 1 atom stereocenters. The van der Waals surface area contributed by atoms with Crippen LogP contribution in [0.2, 0.25) is 5.02 Å². The molecule has 0 spiro atoms. The van der Waals surface area contributed by atoms with E-state index in [1.165, 1.54) is 0 Å². The molecule has 0 heterocycles. The van der Waals surface area contributed by atoms with Crippen molar-refractivity contribution < 1.29 is 9.53 Å². The molecule has 0 saturated heterocycles. The monoisotopic (exact) mass is 393 g/mol. The lowest BCUT2D eigenvalue weighted by Gasteiger charge is -2.19. The average molecular weight is 394 g/mol. The third-order valence-corrected chi connectivity index (χ3v) is 4.63. The van der Waals surface area contributed by atoms with E-state index < -0.39 is 0 Å². The molecule has 0 aliphatic carbocycles. The first-order chi connectivity index (χ1) is 13.5. The number of nitrogens with one attached hydrogen (secondary N) is 1. The first-order valence-corrected chi connectivity index (χ1v) is 9.76. The van der Waals surface area contributed by atoms with E-state index in [9.17, 15) is 4.79 Å². The van der Waals surface area contributed by atoms with Gasteiger partial charge in [0.15, 0.2) is 0 Å². The lowest BCUT2D eigenvalue weighted by Crippen LogP contribution is -2.16. The van der Waals surface area contributed by atoms with Gasteiger partial charge in [0.1, 0.15) is 5.75 Å². The molecule has 3 aromatic rings. The zero-order chi connectivity index (χ0) is 19.9. The molecule has 28 heavy (non-hydrogen) atoms. The van der Waals surface area contributed by atoms with E-state index in [0.29, 0.717) is 11.4 Å². The molecule has 0 fully saturated rings. The van der Waals surface area contributed by atoms with Crippen molar-refractivity contribution in [2.75, 3.05) is 5.32 Å². The van der Waals surface area contributed by atoms with E-state index in [1.54, 1.807) is 24.3 Å². The molecule has 1 amide bonds. The van der Waals surface area contributed by atoms with Crippen LogP contribution in [0.15, 0.2) is 78.9 Å². The fraction of sp³-hybridized carbons (Fsp3) is 0.208. The summed E-state index contributed by atoms with van der Waals surface area (Å²) < 4.78 is 5.73. The van der Waals surface area contributed by atoms with Gasteiger partial charge in [0.2, 0.25) is 5.91 Å². The van der Waals surface area contributed by atoms with Gasteiger partial charge in [-0.05, 0) is 61.4 Å². The Balaban J connectivity index is 1.79. The fourth-order valence-corrected chi connectivity index (χ4v) is 3.22. The number of ether oxygens (including phenoxy) is 1. The molecule has 0 aliphatic heterocycles. The highest BCUT2D eigenvalue weighted by Crippen LogP contribution is 2.30. The van der Waals surface area contributed by atoms with Gasteiger partial charge >= 0.3 is 0 Å². The first kappa shape index (κ1) is 20.0. The summed E-state index contributed by atoms with van der Waals surface area (Å²) in [5.74, 6) is 0.747. The van der Waals surface area contributed by atoms with Gasteiger partial charge in [0, 0.05) is 23.0 Å². The van der Waals surface area contributed by atoms with E-state index in [4.69, 9.17) is 16.3 Å². The molecular formula is C24H24ClNO2. The van der Waals surface area contributed by atoms with Crippen molar-refractivity contribution in [1.29, 1.82) is 0 Å². The number of anilines is 1. The molecule has 3 rings (SSSR count). The van der Waals surface area contributed by atoms with Crippen LogP contribution in [0, 0.1) is 0 Å². The molecule has 0 radical (unpaired) electrons. The van der Waals surface area contributed by atoms with E-state index in [2.05, 4.69) is 17.4 Å². The molecule has 144 valence electrons. The van der Waals surface area contributed by atoms with Crippen LogP contribution < -0.4 is 10.1 Å². The zero-order valence-corrected chi connectivity index (χ0v) is 16.8. The van der Waals surface area contributed by atoms with Crippen LogP contribution in [0.3, 0.4) is 0 Å². The van der Waals surface area contributed by atoms with Gasteiger partial charge in [-0.25, -0.2) is 0 Å². The third kappa shape index (κ3) is 5.61. The lowest BCUT2D eigenvalue weighted by molar-refractivity contribution is -0.116. The van der Waals surface area contributed by atoms with Gasteiger partial charge in [-0.2, -0.15) is 0 Å². The number of rotatable bonds is 7. The van der Waals surface area contributed by atoms with Gasteiger partial charge < -0.3 is 10.1 Å². The molecule has 0 aliphatic rings. The van der Waals surface area contributed by atoms with Gasteiger partial charge in [0.25, 0.3) is 0 Å². The number of carbonyl (C=O) groups excluding carboxylic acids is 1. The number of halogens is 1. The van der Waals surface area contributed by atoms with Crippen LogP contribution in [0.5, 0.6) is 5.75 Å². The Morgan fingerprint density at radius 3 is 2.11 bits per heavy atom. The maximum Gasteiger partial charge on any atom is 0.225 e. The Labute approximate surface area is 171 Å². The number of benzene rings is 3. The SMILES string of the molecule is CC(C)Oc1ccc([C@H](CC(=O)Nc2ccc(Cl)cc2)c2ccccc2)cc1. The first-order valence-electron chi connectivity index (χ1n) is 9.38. The Morgan fingerprint density at radius 2 is 1.50 bits per heavy atom. The van der Waals surface area contributed by atoms with E-state index in [1.807, 2.05) is 56.3 Å². The van der Waals surface area contributed by atoms with Crippen molar-refractivity contribution in [3.63, 3.8) is 0 Å². The third-order valence-electron chi connectivity index (χ3n) is 4.37. The standard InChI is InChI=1S/C24H24ClNO2/c1-17(2)28-22-14-8-19(9-15-22)23(18-6-4-3-5-7-18)16-24(27)26-21-12-10-20(25)11-13-21/h3-15,17,23H,16H2,1-2H3,(H,26,27)/t23-/m1/s1. The van der Waals surface area contributed by atoms with Crippen molar-refractivity contribution in [1.82, 2.24) is 0 Å². The van der Waals surface area contributed by atoms with Crippen molar-refractivity contribution in [3.8, 4) is 5.75 Å². The average Bonchev–Trinajstić information content (AvgIpc) is 2.69. The minimum absolute atomic E-state index is 0.0402. The van der Waals surface area contributed by atoms with E-state index >= 15 is 0 Å². The highest BCUT2D eigenvalue weighted by Gasteiger charge is 2.18. The molecule has 3 aromatic carbocycles. The Morgan fingerprint density at radius 1 is 0.893 bits per heavy atom. The van der Waals surface area contributed by atoms with Gasteiger partial charge in [-0.3, -0.25) is 4.79 Å². The maximum atomic E-state index is 12.7. The number of hydrogen-bond donors (Lipinski definition) is 1. The van der Waals surface area contributed by atoms with Gasteiger partial charge in [-0.15, -0.1) is 0 Å². The van der Waals surface area contributed by atoms with Crippen molar-refractivity contribution in [2.24, 2.45) is 0 Å². The highest BCUT2D eigenvalue weighted by molar-refractivity contribution is 6.30. The smallest absolute Gasteiger partial charge is 0.225 e. The predicted molar refractivity (Wildman–Crippen MR) is 115 cm³/mol. The summed E-state index contributed by atoms with van der Waals surface area (Å²) in [6.45, 7) is 4.00. The van der Waals surface area contributed by atoms with Gasteiger partial charge in [0.05, 0.1) is 6.10 Å². The summed E-state index contributed by atoms with van der Waals surface area (Å²) >= 11 is 5.91. The molecule has 3 nitrogen and oxygen atoms in total. The molecule has 0 unspecified atom stereocenters. The van der Waals surface area contributed by atoms with Crippen molar-refractivity contribution >= 4 is 23.2 Å². The number of hydrogen-bond acceptors (Lipinski definition) is 2. The summed E-state index contributed by atoms with van der Waals surface area (Å²) in [7, 11) is 0. The van der Waals surface area contributed by atoms with E-state index in [0.717, 1.165) is 22.6 Å². The topological polar surface area (TPSA) is 38.3 Å². The van der Waals surface area contributed by atoms with E-state index in [-0.39, 0.29) is 17.9 Å². The molecule has 0 bridgehead atoms. The summed E-state index contributed by atoms with van der Waals surface area (Å²) in [6, 6.07) is 25.2. The predicted octanol–water partition coefficient (Wildman–Crippen LogP) is 6.29. The number of amides is 1. The molecule has 4 heteroatoms. The minimum atomic E-state index is -0.0429. The van der Waals surface area contributed by atoms with Crippen LogP contribution in [0.4, 0.5) is 5.69 Å². The number of carbonyl (C=O) groups is 1. The summed E-state index contributed by atoms with van der Waals surface area (Å²) in [6.07, 6.45) is 0.470. The highest BCUT2D eigenvalue weighted by atomic mass is 35.5. The van der Waals surface area contributed by atoms with Crippen LogP contribution in [0.25, 0.3) is 0 Å².